The molecule has 2 fully saturated rings. The van der Waals surface area contributed by atoms with Crippen LogP contribution in [0.1, 0.15) is 31.4 Å². The highest BCUT2D eigenvalue weighted by Crippen LogP contribution is 2.23. The monoisotopic (exact) mass is 275 g/mol. The van der Waals surface area contributed by atoms with E-state index in [4.69, 9.17) is 9.72 Å². The van der Waals surface area contributed by atoms with Crippen LogP contribution < -0.4 is 10.2 Å². The van der Waals surface area contributed by atoms with Crippen LogP contribution in [-0.4, -0.2) is 37.8 Å². The molecule has 0 unspecified atom stereocenters. The number of nitrogens with zero attached hydrogens (tertiary/aromatic N) is 2. The fourth-order valence-corrected chi connectivity index (χ4v) is 2.84. The number of anilines is 1. The van der Waals surface area contributed by atoms with E-state index in [1.165, 1.54) is 25.7 Å². The van der Waals surface area contributed by atoms with Crippen molar-refractivity contribution in [3.8, 4) is 0 Å². The molecule has 3 rings (SSSR count). The van der Waals surface area contributed by atoms with Gasteiger partial charge in [0.1, 0.15) is 5.82 Å². The molecular weight excluding hydrogens is 250 g/mol. The summed E-state index contributed by atoms with van der Waals surface area (Å²) in [6.07, 6.45) is 5.07. The van der Waals surface area contributed by atoms with Gasteiger partial charge in [0.15, 0.2) is 0 Å². The first kappa shape index (κ1) is 13.8. The Bertz CT molecular complexity index is 425. The van der Waals surface area contributed by atoms with Crippen molar-refractivity contribution in [2.24, 2.45) is 5.92 Å². The quantitative estimate of drug-likeness (QED) is 0.863. The molecule has 0 atom stereocenters. The summed E-state index contributed by atoms with van der Waals surface area (Å²) in [6, 6.07) is 7.13. The Morgan fingerprint density at radius 2 is 2.05 bits per heavy atom. The number of hydrogen-bond acceptors (Lipinski definition) is 4. The normalized spacial score (nSPS) is 20.4. The molecule has 1 aromatic heterocycles. The highest BCUT2D eigenvalue weighted by atomic mass is 16.5. The van der Waals surface area contributed by atoms with Gasteiger partial charge in [-0.25, -0.2) is 4.98 Å². The molecule has 110 valence electrons. The molecule has 1 aliphatic heterocycles. The van der Waals surface area contributed by atoms with E-state index in [9.17, 15) is 0 Å². The van der Waals surface area contributed by atoms with Crippen LogP contribution >= 0.6 is 0 Å². The zero-order valence-electron chi connectivity index (χ0n) is 12.3. The minimum atomic E-state index is 0.718. The Labute approximate surface area is 121 Å². The maximum absolute atomic E-state index is 5.26. The lowest BCUT2D eigenvalue weighted by atomic mass is 9.98. The molecule has 4 nitrogen and oxygen atoms in total. The van der Waals surface area contributed by atoms with E-state index in [0.717, 1.165) is 49.7 Å². The number of rotatable bonds is 6. The third kappa shape index (κ3) is 3.70. The zero-order valence-corrected chi connectivity index (χ0v) is 12.3. The summed E-state index contributed by atoms with van der Waals surface area (Å²) in [5.41, 5.74) is 1.16. The first-order chi connectivity index (χ1) is 9.85. The number of pyridine rings is 1. The summed E-state index contributed by atoms with van der Waals surface area (Å²) in [5.74, 6) is 1.85. The van der Waals surface area contributed by atoms with Gasteiger partial charge in [-0.2, -0.15) is 0 Å². The first-order valence-corrected chi connectivity index (χ1v) is 7.78. The summed E-state index contributed by atoms with van der Waals surface area (Å²) < 4.78 is 5.26. The second-order valence-electron chi connectivity index (χ2n) is 6.03. The van der Waals surface area contributed by atoms with Crippen molar-refractivity contribution < 1.29 is 4.74 Å². The SMILES string of the molecule is COCC1CCN(c2cccc(CNC3CC3)n2)CC1. The molecule has 1 N–H and O–H groups in total. The van der Waals surface area contributed by atoms with Crippen LogP contribution in [0.25, 0.3) is 0 Å². The van der Waals surface area contributed by atoms with Crippen LogP contribution in [0.5, 0.6) is 0 Å². The van der Waals surface area contributed by atoms with Gasteiger partial charge in [0.05, 0.1) is 5.69 Å². The largest absolute Gasteiger partial charge is 0.384 e. The molecule has 2 heterocycles. The molecule has 2 aliphatic rings. The van der Waals surface area contributed by atoms with E-state index in [1.807, 2.05) is 0 Å². The van der Waals surface area contributed by atoms with E-state index in [2.05, 4.69) is 28.4 Å². The fraction of sp³-hybridized carbons (Fsp3) is 0.688. The molecule has 1 aliphatic carbocycles. The van der Waals surface area contributed by atoms with Gasteiger partial charge in [0.2, 0.25) is 0 Å². The van der Waals surface area contributed by atoms with Crippen molar-refractivity contribution >= 4 is 5.82 Å². The summed E-state index contributed by atoms with van der Waals surface area (Å²) in [7, 11) is 1.80. The van der Waals surface area contributed by atoms with Gasteiger partial charge in [-0.15, -0.1) is 0 Å². The number of ether oxygens (including phenoxy) is 1. The molecule has 1 saturated carbocycles. The molecule has 0 amide bonds. The first-order valence-electron chi connectivity index (χ1n) is 7.78. The van der Waals surface area contributed by atoms with Gasteiger partial charge in [-0.05, 0) is 43.7 Å². The molecule has 0 aromatic carbocycles. The molecule has 0 spiro atoms. The Kier molecular flexibility index (Phi) is 4.53. The molecule has 0 radical (unpaired) electrons. The van der Waals surface area contributed by atoms with Crippen LogP contribution in [0.15, 0.2) is 18.2 Å². The van der Waals surface area contributed by atoms with Crippen LogP contribution in [0.3, 0.4) is 0 Å². The van der Waals surface area contributed by atoms with Gasteiger partial charge in [0, 0.05) is 39.4 Å². The van der Waals surface area contributed by atoms with Gasteiger partial charge in [-0.3, -0.25) is 0 Å². The van der Waals surface area contributed by atoms with Crippen molar-refractivity contribution in [2.75, 3.05) is 31.7 Å². The van der Waals surface area contributed by atoms with E-state index < -0.39 is 0 Å². The van der Waals surface area contributed by atoms with Crippen LogP contribution in [0.4, 0.5) is 5.82 Å². The summed E-state index contributed by atoms with van der Waals surface area (Å²) >= 11 is 0. The van der Waals surface area contributed by atoms with Crippen molar-refractivity contribution in [1.29, 1.82) is 0 Å². The van der Waals surface area contributed by atoms with Crippen LogP contribution in [0, 0.1) is 5.92 Å². The van der Waals surface area contributed by atoms with E-state index in [0.29, 0.717) is 0 Å². The number of aromatic nitrogens is 1. The Morgan fingerprint density at radius 3 is 2.75 bits per heavy atom. The molecular formula is C16H25N3O. The summed E-state index contributed by atoms with van der Waals surface area (Å²) in [6.45, 7) is 3.99. The van der Waals surface area contributed by atoms with Crippen molar-refractivity contribution in [1.82, 2.24) is 10.3 Å². The Balaban J connectivity index is 1.55. The van der Waals surface area contributed by atoms with Crippen molar-refractivity contribution in [2.45, 2.75) is 38.3 Å². The number of hydrogen-bond donors (Lipinski definition) is 1. The van der Waals surface area contributed by atoms with E-state index in [-0.39, 0.29) is 0 Å². The molecule has 4 heteroatoms. The Morgan fingerprint density at radius 1 is 1.25 bits per heavy atom. The van der Waals surface area contributed by atoms with Gasteiger partial charge in [0.25, 0.3) is 0 Å². The predicted octanol–water partition coefficient (Wildman–Crippen LogP) is 2.20. The number of nitrogens with one attached hydrogen (secondary N) is 1. The molecule has 1 saturated heterocycles. The molecule has 0 bridgehead atoms. The molecule has 1 aromatic rings. The lowest BCUT2D eigenvalue weighted by Crippen LogP contribution is -2.35. The summed E-state index contributed by atoms with van der Waals surface area (Å²) in [5, 5.41) is 3.53. The predicted molar refractivity (Wildman–Crippen MR) is 80.9 cm³/mol. The topological polar surface area (TPSA) is 37.4 Å². The minimum absolute atomic E-state index is 0.718. The highest BCUT2D eigenvalue weighted by Gasteiger charge is 2.21. The van der Waals surface area contributed by atoms with Crippen LogP contribution in [-0.2, 0) is 11.3 Å². The van der Waals surface area contributed by atoms with Crippen molar-refractivity contribution in [3.63, 3.8) is 0 Å². The number of methoxy groups -OCH3 is 1. The average molecular weight is 275 g/mol. The lowest BCUT2D eigenvalue weighted by Gasteiger charge is -2.32. The third-order valence-electron chi connectivity index (χ3n) is 4.28. The average Bonchev–Trinajstić information content (AvgIpc) is 3.31. The van der Waals surface area contributed by atoms with Gasteiger partial charge >= 0.3 is 0 Å². The summed E-state index contributed by atoms with van der Waals surface area (Å²) in [4.78, 5) is 7.21. The smallest absolute Gasteiger partial charge is 0.128 e. The number of piperidine rings is 1. The molecule has 20 heavy (non-hydrogen) atoms. The highest BCUT2D eigenvalue weighted by molar-refractivity contribution is 5.39. The standard InChI is InChI=1S/C16H25N3O/c1-20-12-13-7-9-19(10-8-13)16-4-2-3-15(18-16)11-17-14-5-6-14/h2-4,13-14,17H,5-12H2,1H3. The maximum atomic E-state index is 5.26. The van der Waals surface area contributed by atoms with E-state index in [1.54, 1.807) is 7.11 Å². The second-order valence-corrected chi connectivity index (χ2v) is 6.03. The fourth-order valence-electron chi connectivity index (χ4n) is 2.84. The van der Waals surface area contributed by atoms with Crippen LogP contribution in [0.2, 0.25) is 0 Å². The lowest BCUT2D eigenvalue weighted by molar-refractivity contribution is 0.139. The Hall–Kier alpha value is -1.13. The van der Waals surface area contributed by atoms with Gasteiger partial charge in [-0.1, -0.05) is 6.07 Å². The second kappa shape index (κ2) is 6.55. The zero-order chi connectivity index (χ0) is 13.8. The minimum Gasteiger partial charge on any atom is -0.384 e. The van der Waals surface area contributed by atoms with E-state index >= 15 is 0 Å². The van der Waals surface area contributed by atoms with Gasteiger partial charge < -0.3 is 15.0 Å². The van der Waals surface area contributed by atoms with Crippen molar-refractivity contribution in [3.05, 3.63) is 23.9 Å². The third-order valence-corrected chi connectivity index (χ3v) is 4.28. The maximum Gasteiger partial charge on any atom is 0.128 e.